The van der Waals surface area contributed by atoms with E-state index in [4.69, 9.17) is 9.47 Å². The maximum absolute atomic E-state index is 6.52. The highest BCUT2D eigenvalue weighted by molar-refractivity contribution is 5.48. The van der Waals surface area contributed by atoms with Crippen molar-refractivity contribution >= 4 is 0 Å². The number of fused-ring (bicyclic) bond motifs is 1. The minimum absolute atomic E-state index is 0.0709. The van der Waals surface area contributed by atoms with Crippen molar-refractivity contribution in [2.75, 3.05) is 20.2 Å². The van der Waals surface area contributed by atoms with Crippen LogP contribution in [0.3, 0.4) is 0 Å². The van der Waals surface area contributed by atoms with Crippen LogP contribution in [0, 0.1) is 0 Å². The number of piperidine rings is 1. The fraction of sp³-hybridized carbons (Fsp3) is 0.421. The highest BCUT2D eigenvalue weighted by Gasteiger charge is 2.42. The van der Waals surface area contributed by atoms with E-state index in [0.29, 0.717) is 5.92 Å². The number of ether oxygens (including phenoxy) is 2. The van der Waals surface area contributed by atoms with Gasteiger partial charge in [-0.25, -0.2) is 0 Å². The number of aromatic nitrogens is 1. The summed E-state index contributed by atoms with van der Waals surface area (Å²) in [5.74, 6) is 2.17. The molecule has 1 saturated heterocycles. The van der Waals surface area contributed by atoms with Gasteiger partial charge in [0.15, 0.2) is 0 Å². The van der Waals surface area contributed by atoms with Gasteiger partial charge in [-0.2, -0.15) is 0 Å². The van der Waals surface area contributed by atoms with Crippen molar-refractivity contribution in [2.45, 2.75) is 30.8 Å². The quantitative estimate of drug-likeness (QED) is 0.925. The van der Waals surface area contributed by atoms with E-state index in [0.717, 1.165) is 43.9 Å². The van der Waals surface area contributed by atoms with E-state index in [2.05, 4.69) is 28.5 Å². The molecule has 1 aromatic carbocycles. The topological polar surface area (TPSA) is 43.4 Å². The molecule has 2 aromatic rings. The summed E-state index contributed by atoms with van der Waals surface area (Å²) in [5, 5.41) is 3.44. The zero-order valence-corrected chi connectivity index (χ0v) is 13.4. The van der Waals surface area contributed by atoms with E-state index >= 15 is 0 Å². The van der Waals surface area contributed by atoms with Crippen LogP contribution in [0.15, 0.2) is 42.7 Å². The Morgan fingerprint density at radius 1 is 1.17 bits per heavy atom. The summed E-state index contributed by atoms with van der Waals surface area (Å²) >= 11 is 0. The lowest BCUT2D eigenvalue weighted by atomic mass is 9.75. The predicted octanol–water partition coefficient (Wildman–Crippen LogP) is 3.13. The number of pyridine rings is 1. The first-order valence-corrected chi connectivity index (χ1v) is 8.27. The standard InChI is InChI=1S/C19H22N2O2/c1-22-15-2-3-16-17(14-4-8-20-9-5-14)13-19(23-18(16)12-15)6-10-21-11-7-19/h2-5,8-9,12,17,21H,6-7,10-11,13H2,1H3. The first-order chi connectivity index (χ1) is 11.3. The molecule has 120 valence electrons. The SMILES string of the molecule is COc1ccc2c(c1)OC1(CCNCC1)CC2c1ccncc1. The smallest absolute Gasteiger partial charge is 0.127 e. The number of nitrogens with zero attached hydrogens (tertiary/aromatic N) is 1. The van der Waals surface area contributed by atoms with Crippen molar-refractivity contribution in [3.05, 3.63) is 53.9 Å². The second-order valence-electron chi connectivity index (χ2n) is 6.48. The fourth-order valence-electron chi connectivity index (χ4n) is 3.86. The molecule has 0 bridgehead atoms. The summed E-state index contributed by atoms with van der Waals surface area (Å²) in [6.07, 6.45) is 6.88. The van der Waals surface area contributed by atoms with Crippen LogP contribution in [0.2, 0.25) is 0 Å². The Kier molecular flexibility index (Phi) is 3.69. The number of hydrogen-bond acceptors (Lipinski definition) is 4. The van der Waals surface area contributed by atoms with Crippen molar-refractivity contribution in [3.8, 4) is 11.5 Å². The molecule has 3 heterocycles. The summed E-state index contributed by atoms with van der Waals surface area (Å²) in [4.78, 5) is 4.17. The molecule has 2 aliphatic rings. The largest absolute Gasteiger partial charge is 0.497 e. The van der Waals surface area contributed by atoms with Gasteiger partial charge in [0.25, 0.3) is 0 Å². The van der Waals surface area contributed by atoms with Crippen molar-refractivity contribution in [1.82, 2.24) is 10.3 Å². The summed E-state index contributed by atoms with van der Waals surface area (Å²) in [6, 6.07) is 10.5. The van der Waals surface area contributed by atoms with Crippen LogP contribution in [0.4, 0.5) is 0 Å². The Morgan fingerprint density at radius 2 is 1.96 bits per heavy atom. The van der Waals surface area contributed by atoms with Gasteiger partial charge in [-0.15, -0.1) is 0 Å². The van der Waals surface area contributed by atoms with Gasteiger partial charge in [0, 0.05) is 29.9 Å². The van der Waals surface area contributed by atoms with E-state index < -0.39 is 0 Å². The highest BCUT2D eigenvalue weighted by Crippen LogP contribution is 2.48. The maximum atomic E-state index is 6.52. The molecule has 1 N–H and O–H groups in total. The highest BCUT2D eigenvalue weighted by atomic mass is 16.5. The van der Waals surface area contributed by atoms with Crippen LogP contribution in [-0.2, 0) is 0 Å². The Bertz CT molecular complexity index is 681. The third kappa shape index (κ3) is 2.68. The average molecular weight is 310 g/mol. The van der Waals surface area contributed by atoms with Gasteiger partial charge >= 0.3 is 0 Å². The lowest BCUT2D eigenvalue weighted by molar-refractivity contribution is 0.0112. The van der Waals surface area contributed by atoms with Gasteiger partial charge in [-0.3, -0.25) is 4.98 Å². The Labute approximate surface area is 136 Å². The monoisotopic (exact) mass is 310 g/mol. The van der Waals surface area contributed by atoms with Crippen LogP contribution < -0.4 is 14.8 Å². The zero-order valence-electron chi connectivity index (χ0n) is 13.4. The van der Waals surface area contributed by atoms with Crippen LogP contribution >= 0.6 is 0 Å². The second-order valence-corrected chi connectivity index (χ2v) is 6.48. The Balaban J connectivity index is 1.79. The predicted molar refractivity (Wildman–Crippen MR) is 89.2 cm³/mol. The molecule has 0 saturated carbocycles. The minimum atomic E-state index is -0.0709. The van der Waals surface area contributed by atoms with E-state index in [-0.39, 0.29) is 5.60 Å². The lowest BCUT2D eigenvalue weighted by Gasteiger charge is -2.45. The van der Waals surface area contributed by atoms with Crippen LogP contribution in [0.5, 0.6) is 11.5 Å². The van der Waals surface area contributed by atoms with Gasteiger partial charge in [0.2, 0.25) is 0 Å². The molecule has 4 heteroatoms. The Morgan fingerprint density at radius 3 is 2.70 bits per heavy atom. The van der Waals surface area contributed by atoms with Gasteiger partial charge in [0.05, 0.1) is 7.11 Å². The van der Waals surface area contributed by atoms with E-state index in [1.807, 2.05) is 24.5 Å². The van der Waals surface area contributed by atoms with Gasteiger partial charge in [-0.1, -0.05) is 6.07 Å². The normalized spacial score (nSPS) is 22.2. The third-order valence-electron chi connectivity index (χ3n) is 5.12. The molecule has 1 aromatic heterocycles. The van der Waals surface area contributed by atoms with Crippen LogP contribution in [0.1, 0.15) is 36.3 Å². The molecule has 1 atom stereocenters. The summed E-state index contributed by atoms with van der Waals surface area (Å²) in [6.45, 7) is 2.03. The molecular weight excluding hydrogens is 288 g/mol. The Hall–Kier alpha value is -2.07. The molecule has 1 unspecified atom stereocenters. The number of nitrogens with one attached hydrogen (secondary N) is 1. The number of benzene rings is 1. The molecule has 1 spiro atoms. The molecule has 4 rings (SSSR count). The number of rotatable bonds is 2. The average Bonchev–Trinajstić information content (AvgIpc) is 2.62. The molecule has 0 aliphatic carbocycles. The van der Waals surface area contributed by atoms with Crippen LogP contribution in [0.25, 0.3) is 0 Å². The van der Waals surface area contributed by atoms with E-state index in [1.165, 1.54) is 11.1 Å². The summed E-state index contributed by atoms with van der Waals surface area (Å²) in [7, 11) is 1.70. The number of hydrogen-bond donors (Lipinski definition) is 1. The molecule has 1 fully saturated rings. The van der Waals surface area contributed by atoms with Crippen molar-refractivity contribution in [1.29, 1.82) is 0 Å². The van der Waals surface area contributed by atoms with Gasteiger partial charge in [-0.05, 0) is 56.1 Å². The molecule has 0 radical (unpaired) electrons. The zero-order chi connectivity index (χ0) is 15.7. The molecular formula is C19H22N2O2. The molecule has 2 aliphatic heterocycles. The third-order valence-corrected chi connectivity index (χ3v) is 5.12. The fourth-order valence-corrected chi connectivity index (χ4v) is 3.86. The second kappa shape index (κ2) is 5.85. The van der Waals surface area contributed by atoms with Gasteiger partial charge in [0.1, 0.15) is 17.1 Å². The minimum Gasteiger partial charge on any atom is -0.497 e. The van der Waals surface area contributed by atoms with Crippen molar-refractivity contribution in [2.24, 2.45) is 0 Å². The molecule has 0 amide bonds. The molecule has 23 heavy (non-hydrogen) atoms. The van der Waals surface area contributed by atoms with E-state index in [9.17, 15) is 0 Å². The van der Waals surface area contributed by atoms with Crippen molar-refractivity contribution < 1.29 is 9.47 Å². The van der Waals surface area contributed by atoms with Gasteiger partial charge < -0.3 is 14.8 Å². The van der Waals surface area contributed by atoms with Crippen LogP contribution in [-0.4, -0.2) is 30.8 Å². The molecule has 4 nitrogen and oxygen atoms in total. The lowest BCUT2D eigenvalue weighted by Crippen LogP contribution is -2.49. The summed E-state index contributed by atoms with van der Waals surface area (Å²) < 4.78 is 11.9. The summed E-state index contributed by atoms with van der Waals surface area (Å²) in [5.41, 5.74) is 2.49. The number of methoxy groups -OCH3 is 1. The maximum Gasteiger partial charge on any atom is 0.127 e. The van der Waals surface area contributed by atoms with E-state index in [1.54, 1.807) is 7.11 Å². The van der Waals surface area contributed by atoms with Crippen molar-refractivity contribution in [3.63, 3.8) is 0 Å². The first-order valence-electron chi connectivity index (χ1n) is 8.27. The first kappa shape index (κ1) is 14.5.